The lowest BCUT2D eigenvalue weighted by Crippen LogP contribution is -2.16. The number of para-hydroxylation sites is 1. The molecule has 4 rings (SSSR count). The van der Waals surface area contributed by atoms with Crippen LogP contribution in [0.2, 0.25) is 0 Å². The Labute approximate surface area is 177 Å². The largest absolute Gasteiger partial charge is 0.477 e. The van der Waals surface area contributed by atoms with Gasteiger partial charge in [-0.25, -0.2) is 9.18 Å². The molecule has 2 aromatic heterocycles. The van der Waals surface area contributed by atoms with Crippen LogP contribution in [-0.4, -0.2) is 33.1 Å². The summed E-state index contributed by atoms with van der Waals surface area (Å²) in [6, 6.07) is 16.6. The first-order valence-electron chi connectivity index (χ1n) is 9.80. The summed E-state index contributed by atoms with van der Waals surface area (Å²) in [4.78, 5) is 17.2. The number of aromatic nitrogens is 2. The molecule has 0 fully saturated rings. The number of fused-ring (bicyclic) bond motifs is 1. The quantitative estimate of drug-likeness (QED) is 0.247. The van der Waals surface area contributed by atoms with E-state index in [1.165, 1.54) is 12.1 Å². The summed E-state index contributed by atoms with van der Waals surface area (Å²) in [6.07, 6.45) is 0.765. The topological polar surface area (TPSA) is 89.9 Å². The van der Waals surface area contributed by atoms with E-state index < -0.39 is 5.97 Å². The van der Waals surface area contributed by atoms with Crippen molar-refractivity contribution in [3.63, 3.8) is 0 Å². The van der Waals surface area contributed by atoms with Gasteiger partial charge in [0.05, 0.1) is 6.54 Å². The third-order valence-corrected chi connectivity index (χ3v) is 4.74. The van der Waals surface area contributed by atoms with E-state index >= 15 is 0 Å². The Bertz CT molecular complexity index is 1240. The second-order valence-electron chi connectivity index (χ2n) is 6.93. The van der Waals surface area contributed by atoms with E-state index in [9.17, 15) is 14.3 Å². The molecular weight excluding hydrogens is 401 g/mol. The average molecular weight is 421 g/mol. The third kappa shape index (κ3) is 4.32. The van der Waals surface area contributed by atoms with Gasteiger partial charge < -0.3 is 19.0 Å². The normalized spacial score (nSPS) is 11.7. The van der Waals surface area contributed by atoms with Gasteiger partial charge in [0.25, 0.3) is 0 Å². The Morgan fingerprint density at radius 3 is 2.71 bits per heavy atom. The molecule has 0 atom stereocenters. The molecule has 1 N–H and O–H groups in total. The summed E-state index contributed by atoms with van der Waals surface area (Å²) < 4.78 is 20.4. The third-order valence-electron chi connectivity index (χ3n) is 4.74. The van der Waals surface area contributed by atoms with Gasteiger partial charge in [0.1, 0.15) is 29.5 Å². The molecule has 0 radical (unpaired) electrons. The number of halogens is 1. The number of benzene rings is 2. The molecule has 4 aromatic rings. The van der Waals surface area contributed by atoms with Gasteiger partial charge >= 0.3 is 5.97 Å². The molecule has 0 amide bonds. The van der Waals surface area contributed by atoms with E-state index in [0.717, 1.165) is 17.3 Å². The highest BCUT2D eigenvalue weighted by Gasteiger charge is 2.20. The van der Waals surface area contributed by atoms with Gasteiger partial charge in [-0.3, -0.25) is 0 Å². The fourth-order valence-electron chi connectivity index (χ4n) is 3.24. The summed E-state index contributed by atoms with van der Waals surface area (Å²) in [5.41, 5.74) is 2.46. The first kappa shape index (κ1) is 20.3. The van der Waals surface area contributed by atoms with E-state index in [2.05, 4.69) is 10.3 Å². The van der Waals surface area contributed by atoms with E-state index in [-0.39, 0.29) is 18.1 Å². The van der Waals surface area contributed by atoms with Crippen molar-refractivity contribution in [1.82, 2.24) is 9.72 Å². The summed E-state index contributed by atoms with van der Waals surface area (Å²) in [6.45, 7) is 2.47. The molecule has 158 valence electrons. The van der Waals surface area contributed by atoms with Crippen LogP contribution in [0.25, 0.3) is 22.2 Å². The SMILES string of the molecule is CCCO/N=C(\Cn1c(C(=O)O)cc2ccccc21)c1cc(-c2ccc(F)cc2)no1. The van der Waals surface area contributed by atoms with Gasteiger partial charge in [0, 0.05) is 22.5 Å². The van der Waals surface area contributed by atoms with E-state index in [4.69, 9.17) is 9.36 Å². The Balaban J connectivity index is 1.73. The predicted octanol–water partition coefficient (Wildman–Crippen LogP) is 4.96. The van der Waals surface area contributed by atoms with Crippen molar-refractivity contribution in [2.24, 2.45) is 5.16 Å². The minimum atomic E-state index is -1.05. The molecule has 0 saturated heterocycles. The van der Waals surface area contributed by atoms with Crippen LogP contribution >= 0.6 is 0 Å². The predicted molar refractivity (Wildman–Crippen MR) is 114 cm³/mol. The van der Waals surface area contributed by atoms with Crippen LogP contribution in [0.1, 0.15) is 29.6 Å². The van der Waals surface area contributed by atoms with Crippen molar-refractivity contribution in [3.05, 3.63) is 77.9 Å². The van der Waals surface area contributed by atoms with E-state index in [1.807, 2.05) is 31.2 Å². The number of rotatable bonds is 8. The average Bonchev–Trinajstić information content (AvgIpc) is 3.39. The highest BCUT2D eigenvalue weighted by Crippen LogP contribution is 2.23. The van der Waals surface area contributed by atoms with Gasteiger partial charge in [-0.15, -0.1) is 0 Å². The monoisotopic (exact) mass is 421 g/mol. The molecule has 2 aromatic carbocycles. The van der Waals surface area contributed by atoms with E-state index in [1.54, 1.807) is 28.8 Å². The highest BCUT2D eigenvalue weighted by atomic mass is 19.1. The zero-order valence-corrected chi connectivity index (χ0v) is 16.8. The molecule has 2 heterocycles. The zero-order valence-electron chi connectivity index (χ0n) is 16.8. The van der Waals surface area contributed by atoms with Crippen molar-refractivity contribution >= 4 is 22.6 Å². The maximum atomic E-state index is 13.2. The van der Waals surface area contributed by atoms with Crippen molar-refractivity contribution in [1.29, 1.82) is 0 Å². The summed E-state index contributed by atoms with van der Waals surface area (Å²) >= 11 is 0. The van der Waals surface area contributed by atoms with E-state index in [0.29, 0.717) is 29.3 Å². The molecule has 31 heavy (non-hydrogen) atoms. The molecule has 0 bridgehead atoms. The Kier molecular flexibility index (Phi) is 5.79. The van der Waals surface area contributed by atoms with Crippen molar-refractivity contribution in [3.8, 4) is 11.3 Å². The fraction of sp³-hybridized carbons (Fsp3) is 0.174. The fourth-order valence-corrected chi connectivity index (χ4v) is 3.24. The van der Waals surface area contributed by atoms with Crippen molar-refractivity contribution in [2.45, 2.75) is 19.9 Å². The Morgan fingerprint density at radius 2 is 1.97 bits per heavy atom. The number of carbonyl (C=O) groups is 1. The van der Waals surface area contributed by atoms with Gasteiger partial charge in [-0.2, -0.15) is 0 Å². The second-order valence-corrected chi connectivity index (χ2v) is 6.93. The van der Waals surface area contributed by atoms with Crippen molar-refractivity contribution in [2.75, 3.05) is 6.61 Å². The number of hydrogen-bond acceptors (Lipinski definition) is 5. The van der Waals surface area contributed by atoms with Gasteiger partial charge in [0.15, 0.2) is 5.76 Å². The highest BCUT2D eigenvalue weighted by molar-refractivity contribution is 6.01. The van der Waals surface area contributed by atoms with Crippen LogP contribution in [0.5, 0.6) is 0 Å². The molecule has 0 unspecified atom stereocenters. The van der Waals surface area contributed by atoms with Gasteiger partial charge in [0.2, 0.25) is 0 Å². The lowest BCUT2D eigenvalue weighted by atomic mass is 10.1. The van der Waals surface area contributed by atoms with Crippen LogP contribution in [-0.2, 0) is 11.4 Å². The lowest BCUT2D eigenvalue weighted by molar-refractivity contribution is 0.0686. The van der Waals surface area contributed by atoms with Crippen LogP contribution in [0.15, 0.2) is 70.3 Å². The number of oxime groups is 1. The zero-order chi connectivity index (χ0) is 21.8. The van der Waals surface area contributed by atoms with Crippen LogP contribution < -0.4 is 0 Å². The summed E-state index contributed by atoms with van der Waals surface area (Å²) in [5.74, 6) is -1.05. The summed E-state index contributed by atoms with van der Waals surface area (Å²) in [5, 5.41) is 18.7. The molecule has 0 aliphatic carbocycles. The molecular formula is C23H20FN3O4. The molecule has 0 aliphatic heterocycles. The molecule has 0 aliphatic rings. The number of nitrogens with zero attached hydrogens (tertiary/aromatic N) is 3. The number of carboxylic acids is 1. The first-order chi connectivity index (χ1) is 15.1. The summed E-state index contributed by atoms with van der Waals surface area (Å²) in [7, 11) is 0. The molecule has 7 nitrogen and oxygen atoms in total. The first-order valence-corrected chi connectivity index (χ1v) is 9.80. The number of aromatic carboxylic acids is 1. The standard InChI is InChI=1S/C23H20FN3O4/c1-2-11-30-25-19(22-13-18(26-31-22)15-7-9-17(24)10-8-15)14-27-20-6-4-3-5-16(20)12-21(27)23(28)29/h3-10,12-13H,2,11,14H2,1H3,(H,28,29)/b25-19+. The lowest BCUT2D eigenvalue weighted by Gasteiger charge is -2.09. The maximum Gasteiger partial charge on any atom is 0.352 e. The maximum absolute atomic E-state index is 13.2. The number of carboxylic acid groups (broad SMARTS) is 1. The Morgan fingerprint density at radius 1 is 1.19 bits per heavy atom. The molecule has 8 heteroatoms. The van der Waals surface area contributed by atoms with Crippen molar-refractivity contribution < 1.29 is 23.7 Å². The van der Waals surface area contributed by atoms with Crippen LogP contribution in [0.3, 0.4) is 0 Å². The Hall–Kier alpha value is -3.94. The van der Waals surface area contributed by atoms with Gasteiger partial charge in [-0.05, 0) is 42.8 Å². The molecule has 0 spiro atoms. The second kappa shape index (κ2) is 8.83. The smallest absolute Gasteiger partial charge is 0.352 e. The van der Waals surface area contributed by atoms with Gasteiger partial charge in [-0.1, -0.05) is 35.4 Å². The molecule has 0 saturated carbocycles. The van der Waals surface area contributed by atoms with Crippen LogP contribution in [0.4, 0.5) is 4.39 Å². The number of hydrogen-bond donors (Lipinski definition) is 1. The van der Waals surface area contributed by atoms with Crippen LogP contribution in [0, 0.1) is 5.82 Å². The minimum absolute atomic E-state index is 0.108. The minimum Gasteiger partial charge on any atom is -0.477 e.